The summed E-state index contributed by atoms with van der Waals surface area (Å²) in [7, 11) is 0. The lowest BCUT2D eigenvalue weighted by Crippen LogP contribution is -2.00. The van der Waals surface area contributed by atoms with Gasteiger partial charge in [-0.25, -0.2) is 15.0 Å². The summed E-state index contributed by atoms with van der Waals surface area (Å²) in [6.07, 6.45) is 0. The number of rotatable bonds is 4. The lowest BCUT2D eigenvalue weighted by Gasteiger charge is -2.12. The minimum Gasteiger partial charge on any atom is -0.455 e. The molecule has 3 aromatic heterocycles. The first-order valence-electron chi connectivity index (χ1n) is 18.9. The van der Waals surface area contributed by atoms with Crippen LogP contribution in [-0.4, -0.2) is 19.5 Å². The zero-order chi connectivity index (χ0) is 36.7. The van der Waals surface area contributed by atoms with Crippen molar-refractivity contribution in [3.63, 3.8) is 0 Å². The van der Waals surface area contributed by atoms with E-state index in [1.54, 1.807) is 0 Å². The van der Waals surface area contributed by atoms with Crippen LogP contribution in [0.3, 0.4) is 0 Å². The largest absolute Gasteiger partial charge is 0.455 e. The molecule has 56 heavy (non-hydrogen) atoms. The van der Waals surface area contributed by atoms with Crippen LogP contribution in [0.25, 0.3) is 116 Å². The SMILES string of the molecule is c1ccc(-c2nc(-c3ccccc3)nc(-c3cc4ccccc4c4oc5ccc(-n6c7cc8ccccc8cc7c7ccc8ccccc8c76)cc5c34)n2)cc1. The lowest BCUT2D eigenvalue weighted by atomic mass is 9.99. The first-order valence-corrected chi connectivity index (χ1v) is 18.9. The van der Waals surface area contributed by atoms with Crippen LogP contribution in [0.4, 0.5) is 0 Å². The number of aromatic nitrogens is 4. The number of hydrogen-bond donors (Lipinski definition) is 0. The van der Waals surface area contributed by atoms with E-state index in [9.17, 15) is 0 Å². The Kier molecular flexibility index (Phi) is 6.56. The van der Waals surface area contributed by atoms with Gasteiger partial charge in [-0.05, 0) is 57.9 Å². The van der Waals surface area contributed by atoms with E-state index in [1.807, 2.05) is 60.7 Å². The number of benzene rings is 9. The molecule has 0 aliphatic rings. The van der Waals surface area contributed by atoms with Crippen molar-refractivity contribution in [3.8, 4) is 39.9 Å². The van der Waals surface area contributed by atoms with Crippen LogP contribution in [0.2, 0.25) is 0 Å². The molecule has 5 heteroatoms. The highest BCUT2D eigenvalue weighted by atomic mass is 16.3. The fraction of sp³-hybridized carbons (Fsp3) is 0. The zero-order valence-electron chi connectivity index (χ0n) is 30.0. The molecule has 0 atom stereocenters. The highest BCUT2D eigenvalue weighted by Crippen LogP contribution is 2.44. The molecular formula is C51H30N4O. The summed E-state index contributed by atoms with van der Waals surface area (Å²) >= 11 is 0. The topological polar surface area (TPSA) is 56.7 Å². The van der Waals surface area contributed by atoms with Crippen molar-refractivity contribution in [2.24, 2.45) is 0 Å². The van der Waals surface area contributed by atoms with Crippen LogP contribution in [-0.2, 0) is 0 Å². The normalized spacial score (nSPS) is 11.9. The Morgan fingerprint density at radius 1 is 0.393 bits per heavy atom. The van der Waals surface area contributed by atoms with Crippen molar-refractivity contribution in [2.45, 2.75) is 0 Å². The molecule has 12 aromatic rings. The molecule has 0 aliphatic carbocycles. The lowest BCUT2D eigenvalue weighted by molar-refractivity contribution is 0.672. The quantitative estimate of drug-likeness (QED) is 0.182. The van der Waals surface area contributed by atoms with Gasteiger partial charge in [0.05, 0.1) is 11.0 Å². The van der Waals surface area contributed by atoms with Gasteiger partial charge >= 0.3 is 0 Å². The number of nitrogens with zero attached hydrogens (tertiary/aromatic N) is 4. The van der Waals surface area contributed by atoms with E-state index in [-0.39, 0.29) is 0 Å². The molecule has 3 heterocycles. The molecule has 5 nitrogen and oxygen atoms in total. The Balaban J connectivity index is 1.19. The Morgan fingerprint density at radius 2 is 1.00 bits per heavy atom. The van der Waals surface area contributed by atoms with E-state index in [2.05, 4.69) is 126 Å². The van der Waals surface area contributed by atoms with Crippen LogP contribution < -0.4 is 0 Å². The van der Waals surface area contributed by atoms with Crippen LogP contribution >= 0.6 is 0 Å². The zero-order valence-corrected chi connectivity index (χ0v) is 30.0. The van der Waals surface area contributed by atoms with E-state index >= 15 is 0 Å². The molecule has 0 N–H and O–H groups in total. The van der Waals surface area contributed by atoms with Crippen molar-refractivity contribution in [1.29, 1.82) is 0 Å². The van der Waals surface area contributed by atoms with E-state index < -0.39 is 0 Å². The maximum atomic E-state index is 6.85. The second kappa shape index (κ2) is 11.9. The van der Waals surface area contributed by atoms with Crippen molar-refractivity contribution >= 4 is 76.1 Å². The second-order valence-corrected chi connectivity index (χ2v) is 14.4. The summed E-state index contributed by atoms with van der Waals surface area (Å²) in [5, 5.41) is 11.4. The molecule has 0 saturated heterocycles. The maximum Gasteiger partial charge on any atom is 0.164 e. The van der Waals surface area contributed by atoms with E-state index in [0.717, 1.165) is 60.6 Å². The summed E-state index contributed by atoms with van der Waals surface area (Å²) in [6.45, 7) is 0. The van der Waals surface area contributed by atoms with Gasteiger partial charge in [0, 0.05) is 54.7 Å². The van der Waals surface area contributed by atoms with E-state index in [1.165, 1.54) is 37.8 Å². The standard InChI is InChI=1S/C51H30N4O/c1-3-14-32(15-4-1)49-52-50(33-16-5-2-6-17-33)54-51(53-49)43-28-36-20-10-12-22-39(36)48-46(43)42-30-37(24-26-45(42)56-48)55-44-29-35-19-8-7-18-34(35)27-41(44)40-25-23-31-13-9-11-21-38(31)47(40)55/h1-30H. The molecule has 0 radical (unpaired) electrons. The minimum absolute atomic E-state index is 0.593. The Morgan fingerprint density at radius 3 is 1.73 bits per heavy atom. The summed E-state index contributed by atoms with van der Waals surface area (Å²) in [4.78, 5) is 15.4. The Labute approximate surface area is 320 Å². The molecular weight excluding hydrogens is 685 g/mol. The van der Waals surface area contributed by atoms with Gasteiger partial charge in [-0.3, -0.25) is 0 Å². The average molecular weight is 715 g/mol. The van der Waals surface area contributed by atoms with Gasteiger partial charge in [0.2, 0.25) is 0 Å². The van der Waals surface area contributed by atoms with Gasteiger partial charge in [-0.1, -0.05) is 146 Å². The molecule has 0 saturated carbocycles. The van der Waals surface area contributed by atoms with Crippen LogP contribution in [0.5, 0.6) is 0 Å². The van der Waals surface area contributed by atoms with E-state index in [0.29, 0.717) is 17.5 Å². The first kappa shape index (κ1) is 30.8. The fourth-order valence-corrected chi connectivity index (χ4v) is 8.58. The van der Waals surface area contributed by atoms with Crippen molar-refractivity contribution in [1.82, 2.24) is 19.5 Å². The Hall–Kier alpha value is -7.63. The summed E-state index contributed by atoms with van der Waals surface area (Å²) in [5.41, 5.74) is 7.76. The third-order valence-electron chi connectivity index (χ3n) is 11.2. The third kappa shape index (κ3) is 4.64. The highest BCUT2D eigenvalue weighted by Gasteiger charge is 2.22. The van der Waals surface area contributed by atoms with Crippen LogP contribution in [0.15, 0.2) is 186 Å². The molecule has 0 amide bonds. The molecule has 0 unspecified atom stereocenters. The predicted molar refractivity (Wildman–Crippen MR) is 230 cm³/mol. The summed E-state index contributed by atoms with van der Waals surface area (Å²) < 4.78 is 9.29. The monoisotopic (exact) mass is 714 g/mol. The smallest absolute Gasteiger partial charge is 0.164 e. The fourth-order valence-electron chi connectivity index (χ4n) is 8.58. The predicted octanol–water partition coefficient (Wildman–Crippen LogP) is 13.3. The molecule has 9 aromatic carbocycles. The molecule has 0 bridgehead atoms. The van der Waals surface area contributed by atoms with Gasteiger partial charge < -0.3 is 8.98 Å². The average Bonchev–Trinajstić information content (AvgIpc) is 3.81. The van der Waals surface area contributed by atoms with Gasteiger partial charge in [-0.15, -0.1) is 0 Å². The van der Waals surface area contributed by atoms with Crippen molar-refractivity contribution < 1.29 is 4.42 Å². The minimum atomic E-state index is 0.593. The van der Waals surface area contributed by atoms with Gasteiger partial charge in [0.25, 0.3) is 0 Å². The molecule has 0 spiro atoms. The van der Waals surface area contributed by atoms with Gasteiger partial charge in [-0.2, -0.15) is 0 Å². The molecule has 0 aliphatic heterocycles. The second-order valence-electron chi connectivity index (χ2n) is 14.4. The molecule has 0 fully saturated rings. The maximum absolute atomic E-state index is 6.85. The Bertz CT molecular complexity index is 3470. The van der Waals surface area contributed by atoms with Gasteiger partial charge in [0.1, 0.15) is 11.2 Å². The summed E-state index contributed by atoms with van der Waals surface area (Å²) in [5.74, 6) is 1.83. The highest BCUT2D eigenvalue weighted by molar-refractivity contribution is 6.23. The summed E-state index contributed by atoms with van der Waals surface area (Å²) in [6, 6.07) is 63.9. The van der Waals surface area contributed by atoms with Crippen LogP contribution in [0.1, 0.15) is 0 Å². The van der Waals surface area contributed by atoms with Crippen LogP contribution in [0, 0.1) is 0 Å². The molecule has 12 rings (SSSR count). The van der Waals surface area contributed by atoms with Gasteiger partial charge in [0.15, 0.2) is 17.5 Å². The first-order chi connectivity index (χ1) is 27.7. The number of hydrogen-bond acceptors (Lipinski definition) is 4. The number of fused-ring (bicyclic) bond motifs is 11. The van der Waals surface area contributed by atoms with E-state index in [4.69, 9.17) is 19.4 Å². The number of furan rings is 1. The molecule has 260 valence electrons. The van der Waals surface area contributed by atoms with Crippen molar-refractivity contribution in [3.05, 3.63) is 182 Å². The van der Waals surface area contributed by atoms with Crippen molar-refractivity contribution in [2.75, 3.05) is 0 Å². The third-order valence-corrected chi connectivity index (χ3v) is 11.2.